The number of guanidine groups is 1. The second-order valence-corrected chi connectivity index (χ2v) is 5.40. The van der Waals surface area contributed by atoms with Crippen LogP contribution in [0.15, 0.2) is 23.3 Å². The largest absolute Gasteiger partial charge is 0.478 e. The number of aromatic nitrogens is 1. The average Bonchev–Trinajstić information content (AvgIpc) is 2.52. The maximum absolute atomic E-state index is 5.41. The molecule has 0 spiro atoms. The van der Waals surface area contributed by atoms with Gasteiger partial charge in [-0.15, -0.1) is 24.0 Å². The molecule has 1 aromatic heterocycles. The van der Waals surface area contributed by atoms with E-state index >= 15 is 0 Å². The van der Waals surface area contributed by atoms with Crippen molar-refractivity contribution in [3.63, 3.8) is 0 Å². The Morgan fingerprint density at radius 1 is 1.35 bits per heavy atom. The predicted octanol–water partition coefficient (Wildman–Crippen LogP) is 3.73. The van der Waals surface area contributed by atoms with E-state index in [2.05, 4.69) is 34.5 Å². The summed E-state index contributed by atoms with van der Waals surface area (Å²) in [7, 11) is 1.80. The van der Waals surface area contributed by atoms with Gasteiger partial charge in [0.1, 0.15) is 0 Å². The van der Waals surface area contributed by atoms with Crippen LogP contribution in [-0.4, -0.2) is 30.6 Å². The van der Waals surface area contributed by atoms with E-state index in [1.54, 1.807) is 13.2 Å². The van der Waals surface area contributed by atoms with Crippen molar-refractivity contribution < 1.29 is 4.74 Å². The molecule has 1 unspecified atom stereocenters. The zero-order valence-corrected chi connectivity index (χ0v) is 17.1. The van der Waals surface area contributed by atoms with E-state index in [9.17, 15) is 0 Å². The highest BCUT2D eigenvalue weighted by molar-refractivity contribution is 14.0. The van der Waals surface area contributed by atoms with Crippen molar-refractivity contribution in [3.8, 4) is 5.88 Å². The van der Waals surface area contributed by atoms with E-state index in [-0.39, 0.29) is 24.0 Å². The van der Waals surface area contributed by atoms with Crippen LogP contribution in [0.3, 0.4) is 0 Å². The molecule has 1 atom stereocenters. The Kier molecular flexibility index (Phi) is 12.8. The van der Waals surface area contributed by atoms with E-state index in [4.69, 9.17) is 4.74 Å². The summed E-state index contributed by atoms with van der Waals surface area (Å²) in [6.07, 6.45) is 6.73. The molecule has 0 aliphatic heterocycles. The molecular formula is C17H31IN4O. The SMILES string of the molecule is CCCCCC(C)NC(=NC)NCc1ccnc(OCC)c1.I. The summed E-state index contributed by atoms with van der Waals surface area (Å²) in [4.78, 5) is 8.45. The maximum Gasteiger partial charge on any atom is 0.213 e. The number of nitrogens with zero attached hydrogens (tertiary/aromatic N) is 2. The van der Waals surface area contributed by atoms with Crippen molar-refractivity contribution in [3.05, 3.63) is 23.9 Å². The number of aliphatic imine (C=N–C) groups is 1. The first-order valence-electron chi connectivity index (χ1n) is 8.24. The van der Waals surface area contributed by atoms with Crippen molar-refractivity contribution in [2.24, 2.45) is 4.99 Å². The topological polar surface area (TPSA) is 58.5 Å². The van der Waals surface area contributed by atoms with Crippen molar-refractivity contribution >= 4 is 29.9 Å². The van der Waals surface area contributed by atoms with Crippen LogP contribution in [0.25, 0.3) is 0 Å². The van der Waals surface area contributed by atoms with Crippen molar-refractivity contribution in [2.45, 2.75) is 59.0 Å². The fourth-order valence-corrected chi connectivity index (χ4v) is 2.17. The van der Waals surface area contributed by atoms with Crippen LogP contribution >= 0.6 is 24.0 Å². The maximum atomic E-state index is 5.41. The number of ether oxygens (including phenoxy) is 1. The van der Waals surface area contributed by atoms with Gasteiger partial charge in [0, 0.05) is 31.9 Å². The Bertz CT molecular complexity index is 454. The fraction of sp³-hybridized carbons (Fsp3) is 0.647. The zero-order chi connectivity index (χ0) is 16.2. The minimum atomic E-state index is 0. The van der Waals surface area contributed by atoms with E-state index < -0.39 is 0 Å². The molecule has 2 N–H and O–H groups in total. The molecule has 1 rings (SSSR count). The lowest BCUT2D eigenvalue weighted by Crippen LogP contribution is -2.41. The second kappa shape index (κ2) is 13.4. The third kappa shape index (κ3) is 9.63. The normalized spacial score (nSPS) is 12.3. The number of nitrogens with one attached hydrogen (secondary N) is 2. The summed E-state index contributed by atoms with van der Waals surface area (Å²) in [6.45, 7) is 7.70. The van der Waals surface area contributed by atoms with E-state index in [0.717, 1.165) is 17.9 Å². The van der Waals surface area contributed by atoms with E-state index in [1.807, 2.05) is 19.1 Å². The molecule has 0 aliphatic carbocycles. The number of rotatable bonds is 9. The van der Waals surface area contributed by atoms with Gasteiger partial charge in [0.15, 0.2) is 5.96 Å². The molecule has 5 nitrogen and oxygen atoms in total. The van der Waals surface area contributed by atoms with Gasteiger partial charge in [0.05, 0.1) is 6.61 Å². The molecule has 0 aromatic carbocycles. The quantitative estimate of drug-likeness (QED) is 0.269. The predicted molar refractivity (Wildman–Crippen MR) is 108 cm³/mol. The summed E-state index contributed by atoms with van der Waals surface area (Å²) < 4.78 is 5.41. The highest BCUT2D eigenvalue weighted by Crippen LogP contribution is 2.09. The lowest BCUT2D eigenvalue weighted by atomic mass is 10.1. The first-order chi connectivity index (χ1) is 10.7. The molecule has 0 saturated heterocycles. The van der Waals surface area contributed by atoms with Crippen LogP contribution in [0.2, 0.25) is 0 Å². The number of halogens is 1. The number of unbranched alkanes of at least 4 members (excludes halogenated alkanes) is 2. The summed E-state index contributed by atoms with van der Waals surface area (Å²) in [5.74, 6) is 1.50. The molecule has 132 valence electrons. The van der Waals surface area contributed by atoms with Gasteiger partial charge in [-0.25, -0.2) is 4.98 Å². The third-order valence-corrected chi connectivity index (χ3v) is 3.40. The average molecular weight is 434 g/mol. The molecule has 1 heterocycles. The van der Waals surface area contributed by atoms with Gasteiger partial charge in [-0.2, -0.15) is 0 Å². The summed E-state index contributed by atoms with van der Waals surface area (Å²) >= 11 is 0. The van der Waals surface area contributed by atoms with Crippen LogP contribution in [0, 0.1) is 0 Å². The molecule has 0 fully saturated rings. The number of hydrogen-bond acceptors (Lipinski definition) is 3. The summed E-state index contributed by atoms with van der Waals surface area (Å²) in [5, 5.41) is 6.76. The third-order valence-electron chi connectivity index (χ3n) is 3.40. The monoisotopic (exact) mass is 434 g/mol. The van der Waals surface area contributed by atoms with Gasteiger partial charge in [0.25, 0.3) is 0 Å². The molecule has 1 aromatic rings. The number of pyridine rings is 1. The molecule has 23 heavy (non-hydrogen) atoms. The van der Waals surface area contributed by atoms with Gasteiger partial charge in [-0.3, -0.25) is 4.99 Å². The summed E-state index contributed by atoms with van der Waals surface area (Å²) in [5.41, 5.74) is 1.13. The molecule has 6 heteroatoms. The Morgan fingerprint density at radius 3 is 2.78 bits per heavy atom. The highest BCUT2D eigenvalue weighted by Gasteiger charge is 2.05. The minimum absolute atomic E-state index is 0. The molecular weight excluding hydrogens is 403 g/mol. The smallest absolute Gasteiger partial charge is 0.213 e. The first-order valence-corrected chi connectivity index (χ1v) is 8.24. The van der Waals surface area contributed by atoms with Crippen molar-refractivity contribution in [2.75, 3.05) is 13.7 Å². The van der Waals surface area contributed by atoms with Crippen LogP contribution in [0.5, 0.6) is 5.88 Å². The summed E-state index contributed by atoms with van der Waals surface area (Å²) in [6, 6.07) is 4.36. The zero-order valence-electron chi connectivity index (χ0n) is 14.8. The van der Waals surface area contributed by atoms with Gasteiger partial charge in [0.2, 0.25) is 5.88 Å². The lowest BCUT2D eigenvalue weighted by Gasteiger charge is -2.18. The standard InChI is InChI=1S/C17H30N4O.HI/c1-5-7-8-9-14(3)21-17(18-4)20-13-15-10-11-19-16(12-15)22-6-2;/h10-12,14H,5-9,13H2,1-4H3,(H2,18,20,21);1H. The Hall–Kier alpha value is -1.05. The van der Waals surface area contributed by atoms with Crippen molar-refractivity contribution in [1.29, 1.82) is 0 Å². The molecule has 0 aliphatic rings. The second-order valence-electron chi connectivity index (χ2n) is 5.40. The van der Waals surface area contributed by atoms with Gasteiger partial charge < -0.3 is 15.4 Å². The molecule has 0 radical (unpaired) electrons. The van der Waals surface area contributed by atoms with Gasteiger partial charge >= 0.3 is 0 Å². The first kappa shape index (κ1) is 21.9. The molecule has 0 amide bonds. The van der Waals surface area contributed by atoms with Crippen molar-refractivity contribution in [1.82, 2.24) is 15.6 Å². The van der Waals surface area contributed by atoms with Crippen LogP contribution < -0.4 is 15.4 Å². The van der Waals surface area contributed by atoms with Gasteiger partial charge in [-0.1, -0.05) is 26.2 Å². The Labute approximate surface area is 157 Å². The van der Waals surface area contributed by atoms with Crippen LogP contribution in [0.1, 0.15) is 52.0 Å². The number of hydrogen-bond donors (Lipinski definition) is 2. The Morgan fingerprint density at radius 2 is 2.13 bits per heavy atom. The van der Waals surface area contributed by atoms with Gasteiger partial charge in [-0.05, 0) is 31.9 Å². The van der Waals surface area contributed by atoms with E-state index in [1.165, 1.54) is 19.3 Å². The lowest BCUT2D eigenvalue weighted by molar-refractivity contribution is 0.326. The van der Waals surface area contributed by atoms with E-state index in [0.29, 0.717) is 25.1 Å². The minimum Gasteiger partial charge on any atom is -0.478 e. The highest BCUT2D eigenvalue weighted by atomic mass is 127. The van der Waals surface area contributed by atoms with Crippen LogP contribution in [0.4, 0.5) is 0 Å². The fourth-order valence-electron chi connectivity index (χ4n) is 2.17. The molecule has 0 bridgehead atoms. The van der Waals surface area contributed by atoms with Crippen LogP contribution in [-0.2, 0) is 6.54 Å². The molecule has 0 saturated carbocycles. The Balaban J connectivity index is 0.00000484.